The van der Waals surface area contributed by atoms with Gasteiger partial charge in [0.2, 0.25) is 15.9 Å². The standard InChI is InChI=1S/C36H46ClN3O7S/c1-25-22-40(26(2)24-41)36(43)32-21-30(38-35(42)20-28-11-6-5-7-12-28)15-18-33(32)47-27(3)10-8-9-19-46-34(25)23-39(4)48(44,45)31-16-13-29(37)14-17-31/h5-7,11-18,21,25-27,34,41H,8-10,19-20,22-24H2,1-4H3,(H,38,42)/t25-,26+,27+,34+/m0/s1. The smallest absolute Gasteiger partial charge is 0.258 e. The minimum absolute atomic E-state index is 0.0510. The van der Waals surface area contributed by atoms with Gasteiger partial charge >= 0.3 is 0 Å². The summed E-state index contributed by atoms with van der Waals surface area (Å²) < 4.78 is 40.7. The molecule has 2 amide bonds. The summed E-state index contributed by atoms with van der Waals surface area (Å²) >= 11 is 5.98. The van der Waals surface area contributed by atoms with Gasteiger partial charge in [-0.05, 0) is 81.1 Å². The predicted octanol–water partition coefficient (Wildman–Crippen LogP) is 5.64. The molecule has 0 saturated heterocycles. The molecule has 10 nitrogen and oxygen atoms in total. The summed E-state index contributed by atoms with van der Waals surface area (Å²) in [6.45, 7) is 5.91. The van der Waals surface area contributed by atoms with Crippen molar-refractivity contribution in [2.45, 2.75) is 69.6 Å². The van der Waals surface area contributed by atoms with Gasteiger partial charge in [0.1, 0.15) is 5.75 Å². The molecule has 0 spiro atoms. The van der Waals surface area contributed by atoms with E-state index in [9.17, 15) is 23.1 Å². The number of hydrogen-bond acceptors (Lipinski definition) is 7. The van der Waals surface area contributed by atoms with Gasteiger partial charge < -0.3 is 24.8 Å². The van der Waals surface area contributed by atoms with Crippen molar-refractivity contribution in [3.8, 4) is 5.75 Å². The van der Waals surface area contributed by atoms with Crippen LogP contribution < -0.4 is 10.1 Å². The molecular weight excluding hydrogens is 654 g/mol. The Kier molecular flexibility index (Phi) is 13.4. The fraction of sp³-hybridized carbons (Fsp3) is 0.444. The second-order valence-electron chi connectivity index (χ2n) is 12.5. The number of carbonyl (C=O) groups excluding carboxylic acids is 2. The van der Waals surface area contributed by atoms with Crippen molar-refractivity contribution in [3.63, 3.8) is 0 Å². The molecule has 0 saturated carbocycles. The number of hydrogen-bond donors (Lipinski definition) is 2. The van der Waals surface area contributed by atoms with Crippen LogP contribution in [-0.4, -0.2) is 86.1 Å². The largest absolute Gasteiger partial charge is 0.490 e. The maximum atomic E-state index is 14.4. The molecule has 0 radical (unpaired) electrons. The summed E-state index contributed by atoms with van der Waals surface area (Å²) in [6, 6.07) is 19.8. The zero-order valence-corrected chi connectivity index (χ0v) is 29.5. The first-order chi connectivity index (χ1) is 22.9. The third-order valence-corrected chi connectivity index (χ3v) is 10.6. The Balaban J connectivity index is 1.62. The quantitative estimate of drug-likeness (QED) is 0.296. The van der Waals surface area contributed by atoms with Crippen LogP contribution in [0.1, 0.15) is 56.0 Å². The van der Waals surface area contributed by atoms with Crippen LogP contribution >= 0.6 is 11.6 Å². The average molecular weight is 700 g/mol. The highest BCUT2D eigenvalue weighted by Gasteiger charge is 2.32. The third-order valence-electron chi connectivity index (χ3n) is 8.50. The highest BCUT2D eigenvalue weighted by atomic mass is 35.5. The lowest BCUT2D eigenvalue weighted by atomic mass is 10.0. The van der Waals surface area contributed by atoms with E-state index in [0.29, 0.717) is 29.5 Å². The lowest BCUT2D eigenvalue weighted by molar-refractivity contribution is -0.115. The van der Waals surface area contributed by atoms with E-state index in [0.717, 1.165) is 18.4 Å². The lowest BCUT2D eigenvalue weighted by Gasteiger charge is -2.35. The molecule has 0 unspecified atom stereocenters. The molecule has 0 aliphatic carbocycles. The molecule has 4 atom stereocenters. The van der Waals surface area contributed by atoms with Crippen LogP contribution in [0.15, 0.2) is 77.7 Å². The van der Waals surface area contributed by atoms with Gasteiger partial charge in [0.15, 0.2) is 0 Å². The monoisotopic (exact) mass is 699 g/mol. The molecule has 2 N–H and O–H groups in total. The van der Waals surface area contributed by atoms with Crippen molar-refractivity contribution in [1.29, 1.82) is 0 Å². The van der Waals surface area contributed by atoms with Crippen molar-refractivity contribution in [1.82, 2.24) is 9.21 Å². The van der Waals surface area contributed by atoms with E-state index in [1.165, 1.54) is 35.6 Å². The first kappa shape index (κ1) is 37.3. The molecule has 3 aromatic rings. The van der Waals surface area contributed by atoms with E-state index < -0.39 is 22.2 Å². The minimum Gasteiger partial charge on any atom is -0.490 e. The van der Waals surface area contributed by atoms with Crippen LogP contribution in [-0.2, 0) is 26.0 Å². The van der Waals surface area contributed by atoms with Crippen molar-refractivity contribution in [2.75, 3.05) is 38.7 Å². The number of fused-ring (bicyclic) bond motifs is 1. The maximum absolute atomic E-state index is 14.4. The van der Waals surface area contributed by atoms with Crippen molar-refractivity contribution in [3.05, 3.63) is 88.9 Å². The fourth-order valence-corrected chi connectivity index (χ4v) is 6.90. The topological polar surface area (TPSA) is 125 Å². The summed E-state index contributed by atoms with van der Waals surface area (Å²) in [5.41, 5.74) is 1.56. The van der Waals surface area contributed by atoms with E-state index in [1.807, 2.05) is 44.2 Å². The number of nitrogens with one attached hydrogen (secondary N) is 1. The molecule has 1 heterocycles. The molecule has 3 aromatic carbocycles. The van der Waals surface area contributed by atoms with Crippen LogP contribution in [0, 0.1) is 5.92 Å². The average Bonchev–Trinajstić information content (AvgIpc) is 3.06. The molecule has 12 heteroatoms. The van der Waals surface area contributed by atoms with E-state index in [4.69, 9.17) is 21.1 Å². The normalized spacial score (nSPS) is 20.4. The molecule has 1 aliphatic rings. The van der Waals surface area contributed by atoms with Gasteiger partial charge in [0.25, 0.3) is 5.91 Å². The zero-order chi connectivity index (χ0) is 34.8. The fourth-order valence-electron chi connectivity index (χ4n) is 5.59. The highest BCUT2D eigenvalue weighted by Crippen LogP contribution is 2.29. The van der Waals surface area contributed by atoms with Gasteiger partial charge in [0.05, 0.1) is 41.7 Å². The highest BCUT2D eigenvalue weighted by molar-refractivity contribution is 7.89. The minimum atomic E-state index is -3.84. The summed E-state index contributed by atoms with van der Waals surface area (Å²) in [7, 11) is -2.34. The van der Waals surface area contributed by atoms with E-state index >= 15 is 0 Å². The zero-order valence-electron chi connectivity index (χ0n) is 28.0. The van der Waals surface area contributed by atoms with Crippen molar-refractivity contribution >= 4 is 39.1 Å². The number of carbonyl (C=O) groups is 2. The van der Waals surface area contributed by atoms with E-state index in [2.05, 4.69) is 5.32 Å². The lowest BCUT2D eigenvalue weighted by Crippen LogP contribution is -2.48. The van der Waals surface area contributed by atoms with Gasteiger partial charge in [0, 0.05) is 43.4 Å². The Hall–Kier alpha value is -3.48. The number of rotatable bonds is 9. The Morgan fingerprint density at radius 3 is 2.48 bits per heavy atom. The third kappa shape index (κ3) is 10.0. The van der Waals surface area contributed by atoms with Crippen molar-refractivity contribution < 1.29 is 32.6 Å². The van der Waals surface area contributed by atoms with Gasteiger partial charge in [-0.3, -0.25) is 9.59 Å². The molecule has 1 aliphatic heterocycles. The van der Waals surface area contributed by atoms with E-state index in [-0.39, 0.29) is 60.4 Å². The Morgan fingerprint density at radius 2 is 1.79 bits per heavy atom. The molecular formula is C36H46ClN3O7S. The summed E-state index contributed by atoms with van der Waals surface area (Å²) in [5.74, 6) is -0.556. The summed E-state index contributed by atoms with van der Waals surface area (Å²) in [5, 5.41) is 13.6. The number of aliphatic hydroxyl groups excluding tert-OH is 1. The molecule has 0 aromatic heterocycles. The van der Waals surface area contributed by atoms with Crippen LogP contribution in [0.25, 0.3) is 0 Å². The number of aliphatic hydroxyl groups is 1. The van der Waals surface area contributed by atoms with Crippen LogP contribution in [0.2, 0.25) is 5.02 Å². The molecule has 4 rings (SSSR count). The number of ether oxygens (including phenoxy) is 2. The molecule has 260 valence electrons. The second kappa shape index (κ2) is 17.3. The number of anilines is 1. The molecule has 0 bridgehead atoms. The second-order valence-corrected chi connectivity index (χ2v) is 14.9. The Morgan fingerprint density at radius 1 is 1.08 bits per heavy atom. The Labute approximate surface area is 289 Å². The van der Waals surface area contributed by atoms with Gasteiger partial charge in [-0.1, -0.05) is 48.9 Å². The van der Waals surface area contributed by atoms with Gasteiger partial charge in [-0.2, -0.15) is 4.31 Å². The first-order valence-electron chi connectivity index (χ1n) is 16.3. The summed E-state index contributed by atoms with van der Waals surface area (Å²) in [4.78, 5) is 28.9. The molecule has 48 heavy (non-hydrogen) atoms. The van der Waals surface area contributed by atoms with Gasteiger partial charge in [-0.15, -0.1) is 0 Å². The van der Waals surface area contributed by atoms with Crippen LogP contribution in [0.4, 0.5) is 5.69 Å². The molecule has 0 fully saturated rings. The van der Waals surface area contributed by atoms with Crippen LogP contribution in [0.5, 0.6) is 5.75 Å². The number of nitrogens with zero attached hydrogens (tertiary/aromatic N) is 2. The SMILES string of the molecule is C[C@@H]1CCCCO[C@H](CN(C)S(=O)(=O)c2ccc(Cl)cc2)[C@@H](C)CN([C@H](C)CO)C(=O)c2cc(NC(=O)Cc3ccccc3)ccc2O1. The number of sulfonamides is 1. The maximum Gasteiger partial charge on any atom is 0.258 e. The predicted molar refractivity (Wildman–Crippen MR) is 187 cm³/mol. The Bertz CT molecular complexity index is 1620. The van der Waals surface area contributed by atoms with Crippen molar-refractivity contribution in [2.24, 2.45) is 5.92 Å². The number of benzene rings is 3. The number of likely N-dealkylation sites (N-methyl/N-ethyl adjacent to an activating group) is 1. The number of halogens is 1. The summed E-state index contributed by atoms with van der Waals surface area (Å²) in [6.07, 6.45) is 1.64. The number of amides is 2. The van der Waals surface area contributed by atoms with E-state index in [1.54, 1.807) is 30.0 Å². The van der Waals surface area contributed by atoms with Gasteiger partial charge in [-0.25, -0.2) is 8.42 Å². The first-order valence-corrected chi connectivity index (χ1v) is 18.1. The van der Waals surface area contributed by atoms with Crippen LogP contribution in [0.3, 0.4) is 0 Å².